The highest BCUT2D eigenvalue weighted by atomic mass is 35.5. The molecule has 1 aromatic heterocycles. The van der Waals surface area contributed by atoms with Crippen molar-refractivity contribution in [3.8, 4) is 0 Å². The fraction of sp³-hybridized carbons (Fsp3) is 0.0909. The summed E-state index contributed by atoms with van der Waals surface area (Å²) >= 11 is 6.08. The predicted molar refractivity (Wildman–Crippen MR) is 65.9 cm³/mol. The van der Waals surface area contributed by atoms with E-state index in [1.165, 1.54) is 6.20 Å². The van der Waals surface area contributed by atoms with E-state index < -0.39 is 0 Å². The molecular weight excluding hydrogens is 224 g/mol. The molecule has 1 heterocycles. The van der Waals surface area contributed by atoms with E-state index >= 15 is 0 Å². The molecule has 0 saturated carbocycles. The Morgan fingerprint density at radius 1 is 1.25 bits per heavy atom. The van der Waals surface area contributed by atoms with Gasteiger partial charge in [0.15, 0.2) is 0 Å². The van der Waals surface area contributed by atoms with E-state index in [0.717, 1.165) is 11.3 Å². The van der Waals surface area contributed by atoms with Crippen LogP contribution in [0, 0.1) is 6.92 Å². The van der Waals surface area contributed by atoms with Crippen molar-refractivity contribution in [2.24, 2.45) is 0 Å². The lowest BCUT2D eigenvalue weighted by Gasteiger charge is -2.10. The van der Waals surface area contributed by atoms with Gasteiger partial charge < -0.3 is 11.1 Å². The standard InChI is InChI=1S/C11H11ClN4/c1-7-3-2-4-8(12)11(7)16-10-6-14-9(13)5-15-10/h2-6H,1H3,(H2,13,14)(H,15,16). The van der Waals surface area contributed by atoms with Crippen LogP contribution >= 0.6 is 11.6 Å². The average molecular weight is 235 g/mol. The van der Waals surface area contributed by atoms with Gasteiger partial charge in [-0.05, 0) is 18.6 Å². The van der Waals surface area contributed by atoms with E-state index in [1.807, 2.05) is 25.1 Å². The number of nitrogens with one attached hydrogen (secondary N) is 1. The fourth-order valence-electron chi connectivity index (χ4n) is 1.32. The Kier molecular flexibility index (Phi) is 2.92. The van der Waals surface area contributed by atoms with Crippen LogP contribution in [0.1, 0.15) is 5.56 Å². The summed E-state index contributed by atoms with van der Waals surface area (Å²) in [6.45, 7) is 1.97. The SMILES string of the molecule is Cc1cccc(Cl)c1Nc1cnc(N)cn1. The number of nitrogens with zero attached hydrogens (tertiary/aromatic N) is 2. The van der Waals surface area contributed by atoms with Gasteiger partial charge in [0.05, 0.1) is 23.1 Å². The van der Waals surface area contributed by atoms with Gasteiger partial charge in [0.2, 0.25) is 0 Å². The lowest BCUT2D eigenvalue weighted by atomic mass is 10.2. The highest BCUT2D eigenvalue weighted by Crippen LogP contribution is 2.27. The molecule has 0 fully saturated rings. The van der Waals surface area contributed by atoms with Crippen molar-refractivity contribution >= 4 is 28.9 Å². The van der Waals surface area contributed by atoms with Crippen LogP contribution in [0.25, 0.3) is 0 Å². The van der Waals surface area contributed by atoms with Crippen LogP contribution in [0.4, 0.5) is 17.3 Å². The third-order valence-electron chi connectivity index (χ3n) is 2.15. The first-order valence-electron chi connectivity index (χ1n) is 4.76. The number of halogens is 1. The van der Waals surface area contributed by atoms with Gasteiger partial charge in [-0.25, -0.2) is 9.97 Å². The molecule has 82 valence electrons. The number of hydrogen-bond donors (Lipinski definition) is 2. The minimum absolute atomic E-state index is 0.390. The molecule has 0 saturated heterocycles. The first-order chi connectivity index (χ1) is 7.66. The van der Waals surface area contributed by atoms with Gasteiger partial charge in [0.25, 0.3) is 0 Å². The zero-order chi connectivity index (χ0) is 11.5. The molecule has 5 heteroatoms. The highest BCUT2D eigenvalue weighted by Gasteiger charge is 2.04. The molecule has 0 aliphatic rings. The number of rotatable bonds is 2. The monoisotopic (exact) mass is 234 g/mol. The van der Waals surface area contributed by atoms with Crippen molar-refractivity contribution in [3.05, 3.63) is 41.2 Å². The first kappa shape index (κ1) is 10.7. The maximum atomic E-state index is 6.08. The van der Waals surface area contributed by atoms with Gasteiger partial charge in [-0.2, -0.15) is 0 Å². The van der Waals surface area contributed by atoms with Crippen LogP contribution in [0.2, 0.25) is 5.02 Å². The van der Waals surface area contributed by atoms with Crippen molar-refractivity contribution in [2.75, 3.05) is 11.1 Å². The maximum absolute atomic E-state index is 6.08. The van der Waals surface area contributed by atoms with Gasteiger partial charge in [0.1, 0.15) is 11.6 Å². The molecule has 0 radical (unpaired) electrons. The molecule has 0 aliphatic heterocycles. The summed E-state index contributed by atoms with van der Waals surface area (Å²) in [6.07, 6.45) is 3.06. The molecule has 4 nitrogen and oxygen atoms in total. The number of aryl methyl sites for hydroxylation is 1. The minimum Gasteiger partial charge on any atom is -0.382 e. The first-order valence-corrected chi connectivity index (χ1v) is 5.14. The molecule has 0 spiro atoms. The van der Waals surface area contributed by atoms with Crippen LogP contribution in [0.3, 0.4) is 0 Å². The molecule has 0 bridgehead atoms. The lowest BCUT2D eigenvalue weighted by molar-refractivity contribution is 1.20. The van der Waals surface area contributed by atoms with Gasteiger partial charge in [-0.15, -0.1) is 0 Å². The Bertz CT molecular complexity index is 476. The Morgan fingerprint density at radius 2 is 2.06 bits per heavy atom. The lowest BCUT2D eigenvalue weighted by Crippen LogP contribution is -1.99. The Balaban J connectivity index is 2.30. The number of aromatic nitrogens is 2. The molecular formula is C11H11ClN4. The highest BCUT2D eigenvalue weighted by molar-refractivity contribution is 6.33. The summed E-state index contributed by atoms with van der Waals surface area (Å²) in [6, 6.07) is 5.69. The molecule has 2 aromatic rings. The van der Waals surface area contributed by atoms with E-state index in [-0.39, 0.29) is 0 Å². The Morgan fingerprint density at radius 3 is 2.69 bits per heavy atom. The number of nitrogens with two attached hydrogens (primary N) is 1. The summed E-state index contributed by atoms with van der Waals surface area (Å²) in [7, 11) is 0. The molecule has 16 heavy (non-hydrogen) atoms. The van der Waals surface area contributed by atoms with Crippen LogP contribution in [0.5, 0.6) is 0 Å². The van der Waals surface area contributed by atoms with Gasteiger partial charge in [-0.1, -0.05) is 23.7 Å². The molecule has 1 aromatic carbocycles. The van der Waals surface area contributed by atoms with Crippen molar-refractivity contribution in [1.82, 2.24) is 9.97 Å². The number of para-hydroxylation sites is 1. The zero-order valence-electron chi connectivity index (χ0n) is 8.74. The second kappa shape index (κ2) is 4.37. The average Bonchev–Trinajstić information content (AvgIpc) is 2.26. The summed E-state index contributed by atoms with van der Waals surface area (Å²) in [5, 5.41) is 3.76. The molecule has 3 N–H and O–H groups in total. The van der Waals surface area contributed by atoms with E-state index in [2.05, 4.69) is 15.3 Å². The third kappa shape index (κ3) is 2.23. The Hall–Kier alpha value is -1.81. The van der Waals surface area contributed by atoms with Crippen LogP contribution in [-0.2, 0) is 0 Å². The van der Waals surface area contributed by atoms with Crippen molar-refractivity contribution < 1.29 is 0 Å². The molecule has 2 rings (SSSR count). The van der Waals surface area contributed by atoms with E-state index in [0.29, 0.717) is 16.7 Å². The largest absolute Gasteiger partial charge is 0.382 e. The summed E-state index contributed by atoms with van der Waals surface area (Å²) < 4.78 is 0. The van der Waals surface area contributed by atoms with Crippen molar-refractivity contribution in [1.29, 1.82) is 0 Å². The predicted octanol–water partition coefficient (Wildman–Crippen LogP) is 2.76. The number of nitrogen functional groups attached to an aromatic ring is 1. The van der Waals surface area contributed by atoms with Gasteiger partial charge in [0, 0.05) is 0 Å². The molecule has 0 atom stereocenters. The van der Waals surface area contributed by atoms with Crippen LogP contribution in [-0.4, -0.2) is 9.97 Å². The third-order valence-corrected chi connectivity index (χ3v) is 2.46. The summed E-state index contributed by atoms with van der Waals surface area (Å²) in [5.74, 6) is 1.01. The van der Waals surface area contributed by atoms with Crippen LogP contribution in [0.15, 0.2) is 30.6 Å². The quantitative estimate of drug-likeness (QED) is 0.839. The molecule has 0 aliphatic carbocycles. The van der Waals surface area contributed by atoms with Gasteiger partial charge >= 0.3 is 0 Å². The topological polar surface area (TPSA) is 63.8 Å². The number of hydrogen-bond acceptors (Lipinski definition) is 4. The summed E-state index contributed by atoms with van der Waals surface area (Å²) in [4.78, 5) is 8.04. The number of anilines is 3. The second-order valence-corrected chi connectivity index (χ2v) is 3.79. The maximum Gasteiger partial charge on any atom is 0.149 e. The second-order valence-electron chi connectivity index (χ2n) is 3.38. The fourth-order valence-corrected chi connectivity index (χ4v) is 1.59. The van der Waals surface area contributed by atoms with Gasteiger partial charge in [-0.3, -0.25) is 0 Å². The van der Waals surface area contributed by atoms with E-state index in [4.69, 9.17) is 17.3 Å². The normalized spacial score (nSPS) is 10.1. The van der Waals surface area contributed by atoms with Crippen molar-refractivity contribution in [3.63, 3.8) is 0 Å². The number of benzene rings is 1. The summed E-state index contributed by atoms with van der Waals surface area (Å²) in [5.41, 5.74) is 7.34. The molecule has 0 unspecified atom stereocenters. The van der Waals surface area contributed by atoms with Crippen LogP contribution < -0.4 is 11.1 Å². The Labute approximate surface area is 98.5 Å². The van der Waals surface area contributed by atoms with E-state index in [1.54, 1.807) is 6.20 Å². The zero-order valence-corrected chi connectivity index (χ0v) is 9.49. The van der Waals surface area contributed by atoms with Crippen molar-refractivity contribution in [2.45, 2.75) is 6.92 Å². The smallest absolute Gasteiger partial charge is 0.149 e. The minimum atomic E-state index is 0.390. The van der Waals surface area contributed by atoms with E-state index in [9.17, 15) is 0 Å². The molecule has 0 amide bonds.